The lowest BCUT2D eigenvalue weighted by atomic mass is 10.1. The topological polar surface area (TPSA) is 70.1 Å². The van der Waals surface area contributed by atoms with Gasteiger partial charge in [0.05, 0.1) is 17.7 Å². The standard InChI is InChI=1S/C19H15N3O3/c1-2-21-15-10-6-3-7-12(15)11-20-16(19(21)25)22-17(23)13-8-4-5-9-14(13)18(22)24/h3-10H,2,11H2,1H3. The van der Waals surface area contributed by atoms with Crippen molar-refractivity contribution in [2.45, 2.75) is 13.5 Å². The number of anilines is 1. The van der Waals surface area contributed by atoms with E-state index in [1.165, 1.54) is 0 Å². The molecule has 0 saturated heterocycles. The number of fused-ring (bicyclic) bond motifs is 2. The zero-order valence-electron chi connectivity index (χ0n) is 13.6. The van der Waals surface area contributed by atoms with Gasteiger partial charge < -0.3 is 4.90 Å². The average molecular weight is 333 g/mol. The molecule has 0 unspecified atom stereocenters. The van der Waals surface area contributed by atoms with Crippen molar-refractivity contribution >= 4 is 29.2 Å². The smallest absolute Gasteiger partial charge is 0.294 e. The molecule has 25 heavy (non-hydrogen) atoms. The lowest BCUT2D eigenvalue weighted by Gasteiger charge is -2.23. The van der Waals surface area contributed by atoms with Crippen molar-refractivity contribution in [3.05, 3.63) is 65.2 Å². The first-order chi connectivity index (χ1) is 12.1. The van der Waals surface area contributed by atoms with Gasteiger partial charge in [-0.25, -0.2) is 4.90 Å². The molecule has 2 aliphatic heterocycles. The lowest BCUT2D eigenvalue weighted by Crippen LogP contribution is -2.47. The molecule has 0 spiro atoms. The number of amides is 3. The Morgan fingerprint density at radius 3 is 2.12 bits per heavy atom. The first-order valence-electron chi connectivity index (χ1n) is 8.05. The molecule has 0 saturated carbocycles. The van der Waals surface area contributed by atoms with Crippen LogP contribution >= 0.6 is 0 Å². The average Bonchev–Trinajstić information content (AvgIpc) is 2.80. The molecule has 3 amide bonds. The van der Waals surface area contributed by atoms with Crippen LogP contribution in [0.3, 0.4) is 0 Å². The molecular weight excluding hydrogens is 318 g/mol. The van der Waals surface area contributed by atoms with E-state index in [1.807, 2.05) is 31.2 Å². The van der Waals surface area contributed by atoms with Crippen LogP contribution in [0.15, 0.2) is 53.5 Å². The summed E-state index contributed by atoms with van der Waals surface area (Å²) in [7, 11) is 0. The van der Waals surface area contributed by atoms with Crippen molar-refractivity contribution in [1.29, 1.82) is 0 Å². The van der Waals surface area contributed by atoms with Crippen LogP contribution in [0.4, 0.5) is 5.69 Å². The molecular formula is C19H15N3O3. The molecule has 0 bridgehead atoms. The SMILES string of the molecule is CCN1C(=O)C(N2C(=O)c3ccccc3C2=O)=NCc2ccccc21. The van der Waals surface area contributed by atoms with Crippen LogP contribution in [0, 0.1) is 0 Å². The number of likely N-dealkylation sites (N-methyl/N-ethyl adjacent to an activating group) is 1. The molecule has 0 radical (unpaired) electrons. The number of imide groups is 1. The molecule has 0 fully saturated rings. The maximum Gasteiger partial charge on any atom is 0.294 e. The normalized spacial score (nSPS) is 16.5. The first kappa shape index (κ1) is 15.3. The Balaban J connectivity index is 1.80. The zero-order chi connectivity index (χ0) is 17.6. The number of amidine groups is 1. The van der Waals surface area contributed by atoms with Gasteiger partial charge in [0.15, 0.2) is 0 Å². The molecule has 0 aliphatic carbocycles. The molecule has 2 aliphatic rings. The number of hydrogen-bond donors (Lipinski definition) is 0. The third kappa shape index (κ3) is 2.18. The van der Waals surface area contributed by atoms with E-state index < -0.39 is 17.7 Å². The number of hydrogen-bond acceptors (Lipinski definition) is 4. The predicted octanol–water partition coefficient (Wildman–Crippen LogP) is 2.25. The second kappa shape index (κ2) is 5.66. The molecule has 2 aromatic rings. The number of aliphatic imine (C=N–C) groups is 1. The maximum atomic E-state index is 13.0. The molecule has 2 aromatic carbocycles. The van der Waals surface area contributed by atoms with Gasteiger partial charge in [0.1, 0.15) is 0 Å². The van der Waals surface area contributed by atoms with Gasteiger partial charge in [0.25, 0.3) is 17.7 Å². The highest BCUT2D eigenvalue weighted by Crippen LogP contribution is 2.28. The minimum Gasteiger partial charge on any atom is -0.306 e. The Bertz CT molecular complexity index is 913. The monoisotopic (exact) mass is 333 g/mol. The van der Waals surface area contributed by atoms with Crippen molar-refractivity contribution < 1.29 is 14.4 Å². The molecule has 2 heterocycles. The van der Waals surface area contributed by atoms with Crippen molar-refractivity contribution in [1.82, 2.24) is 4.90 Å². The molecule has 0 N–H and O–H groups in total. The van der Waals surface area contributed by atoms with Crippen LogP contribution in [-0.2, 0) is 11.3 Å². The van der Waals surface area contributed by atoms with Crippen LogP contribution in [0.2, 0.25) is 0 Å². The summed E-state index contributed by atoms with van der Waals surface area (Å²) in [6.45, 7) is 2.50. The van der Waals surface area contributed by atoms with E-state index in [2.05, 4.69) is 4.99 Å². The number of benzene rings is 2. The fraction of sp³-hybridized carbons (Fsp3) is 0.158. The number of carbonyl (C=O) groups is 3. The van der Waals surface area contributed by atoms with Gasteiger partial charge in [-0.15, -0.1) is 0 Å². The van der Waals surface area contributed by atoms with Gasteiger partial charge >= 0.3 is 0 Å². The third-order valence-corrected chi connectivity index (χ3v) is 4.44. The highest BCUT2D eigenvalue weighted by molar-refractivity contribution is 6.50. The summed E-state index contributed by atoms with van der Waals surface area (Å²) >= 11 is 0. The Morgan fingerprint density at radius 1 is 0.880 bits per heavy atom. The van der Waals surface area contributed by atoms with E-state index >= 15 is 0 Å². The summed E-state index contributed by atoms with van der Waals surface area (Å²) in [6, 6.07) is 14.0. The Hall–Kier alpha value is -3.28. The van der Waals surface area contributed by atoms with Gasteiger partial charge in [-0.1, -0.05) is 30.3 Å². The van der Waals surface area contributed by atoms with Gasteiger partial charge in [-0.2, -0.15) is 0 Å². The van der Waals surface area contributed by atoms with Crippen LogP contribution < -0.4 is 4.90 Å². The molecule has 6 heteroatoms. The second-order valence-corrected chi connectivity index (χ2v) is 5.81. The van der Waals surface area contributed by atoms with Crippen LogP contribution in [0.1, 0.15) is 33.2 Å². The molecule has 6 nitrogen and oxygen atoms in total. The largest absolute Gasteiger partial charge is 0.306 e. The van der Waals surface area contributed by atoms with Crippen LogP contribution in [0.5, 0.6) is 0 Å². The Morgan fingerprint density at radius 2 is 1.48 bits per heavy atom. The summed E-state index contributed by atoms with van der Waals surface area (Å²) in [4.78, 5) is 45.2. The highest BCUT2D eigenvalue weighted by atomic mass is 16.2. The van der Waals surface area contributed by atoms with Crippen molar-refractivity contribution in [3.8, 4) is 0 Å². The molecule has 0 atom stereocenters. The van der Waals surface area contributed by atoms with Crippen LogP contribution in [0.25, 0.3) is 0 Å². The van der Waals surface area contributed by atoms with E-state index in [4.69, 9.17) is 0 Å². The predicted molar refractivity (Wildman–Crippen MR) is 92.6 cm³/mol. The van der Waals surface area contributed by atoms with Crippen molar-refractivity contribution in [2.75, 3.05) is 11.4 Å². The molecule has 124 valence electrons. The number of para-hydroxylation sites is 1. The number of rotatable bonds is 1. The highest BCUT2D eigenvalue weighted by Gasteiger charge is 2.42. The Labute approximate surface area is 144 Å². The number of carbonyl (C=O) groups excluding carboxylic acids is 3. The third-order valence-electron chi connectivity index (χ3n) is 4.44. The summed E-state index contributed by atoms with van der Waals surface area (Å²) in [5.41, 5.74) is 2.23. The van der Waals surface area contributed by atoms with E-state index in [0.29, 0.717) is 17.7 Å². The Kier molecular flexibility index (Phi) is 3.46. The minimum atomic E-state index is -0.505. The van der Waals surface area contributed by atoms with E-state index in [9.17, 15) is 14.4 Å². The molecule has 0 aromatic heterocycles. The summed E-state index contributed by atoms with van der Waals surface area (Å²) in [6.07, 6.45) is 0. The fourth-order valence-electron chi connectivity index (χ4n) is 3.23. The minimum absolute atomic E-state index is 0.121. The van der Waals surface area contributed by atoms with Crippen LogP contribution in [-0.4, -0.2) is 35.0 Å². The van der Waals surface area contributed by atoms with Crippen molar-refractivity contribution in [3.63, 3.8) is 0 Å². The van der Waals surface area contributed by atoms with Gasteiger partial charge in [-0.3, -0.25) is 19.4 Å². The first-order valence-corrected chi connectivity index (χ1v) is 8.05. The van der Waals surface area contributed by atoms with Gasteiger partial charge in [0, 0.05) is 12.2 Å². The quantitative estimate of drug-likeness (QED) is 0.752. The van der Waals surface area contributed by atoms with E-state index in [1.54, 1.807) is 29.2 Å². The van der Waals surface area contributed by atoms with E-state index in [-0.39, 0.29) is 12.4 Å². The fourth-order valence-corrected chi connectivity index (χ4v) is 3.23. The maximum absolute atomic E-state index is 13.0. The number of nitrogens with zero attached hydrogens (tertiary/aromatic N) is 3. The van der Waals surface area contributed by atoms with Gasteiger partial charge in [-0.05, 0) is 30.7 Å². The lowest BCUT2D eigenvalue weighted by molar-refractivity contribution is -0.113. The summed E-state index contributed by atoms with van der Waals surface area (Å²) in [5, 5.41) is 0. The molecule has 4 rings (SSSR count). The second-order valence-electron chi connectivity index (χ2n) is 5.81. The summed E-state index contributed by atoms with van der Waals surface area (Å²) in [5.74, 6) is -1.57. The van der Waals surface area contributed by atoms with Gasteiger partial charge in [0.2, 0.25) is 5.84 Å². The van der Waals surface area contributed by atoms with E-state index in [0.717, 1.165) is 16.2 Å². The van der Waals surface area contributed by atoms with Crippen molar-refractivity contribution in [2.24, 2.45) is 4.99 Å². The summed E-state index contributed by atoms with van der Waals surface area (Å²) < 4.78 is 0. The zero-order valence-corrected chi connectivity index (χ0v) is 13.6.